The summed E-state index contributed by atoms with van der Waals surface area (Å²) in [5.41, 5.74) is 0.803. The first-order valence-corrected chi connectivity index (χ1v) is 5.86. The molecule has 0 spiro atoms. The largest absolute Gasteiger partial charge is 0.420 e. The van der Waals surface area contributed by atoms with Gasteiger partial charge >= 0.3 is 0 Å². The monoisotopic (exact) mass is 280 g/mol. The van der Waals surface area contributed by atoms with Crippen molar-refractivity contribution in [3.8, 4) is 11.5 Å². The molecule has 2 rings (SSSR count). The van der Waals surface area contributed by atoms with E-state index in [4.69, 9.17) is 4.42 Å². The van der Waals surface area contributed by atoms with E-state index in [0.717, 1.165) is 10.0 Å². The van der Waals surface area contributed by atoms with E-state index in [9.17, 15) is 0 Å². The Morgan fingerprint density at radius 2 is 1.81 bits per heavy atom. The molecule has 0 N–H and O–H groups in total. The summed E-state index contributed by atoms with van der Waals surface area (Å²) in [5, 5.41) is 8.13. The summed E-state index contributed by atoms with van der Waals surface area (Å²) in [4.78, 5) is 0. The van der Waals surface area contributed by atoms with Gasteiger partial charge in [0.15, 0.2) is 0 Å². The predicted octanol–water partition coefficient (Wildman–Crippen LogP) is 3.80. The molecule has 0 aliphatic rings. The molecule has 16 heavy (non-hydrogen) atoms. The van der Waals surface area contributed by atoms with E-state index in [1.807, 2.05) is 45.0 Å². The minimum Gasteiger partial charge on any atom is -0.420 e. The van der Waals surface area contributed by atoms with Crippen LogP contribution in [-0.4, -0.2) is 10.2 Å². The summed E-state index contributed by atoms with van der Waals surface area (Å²) in [5.74, 6) is 1.20. The number of halogens is 1. The number of hydrogen-bond donors (Lipinski definition) is 0. The first-order valence-electron chi connectivity index (χ1n) is 5.07. The van der Waals surface area contributed by atoms with E-state index in [0.29, 0.717) is 11.8 Å². The Bertz CT molecular complexity index is 500. The van der Waals surface area contributed by atoms with Gasteiger partial charge < -0.3 is 4.42 Å². The Kier molecular flexibility index (Phi) is 2.84. The highest BCUT2D eigenvalue weighted by atomic mass is 79.9. The Morgan fingerprint density at radius 3 is 2.38 bits per heavy atom. The summed E-state index contributed by atoms with van der Waals surface area (Å²) in [7, 11) is 0. The molecule has 0 fully saturated rings. The van der Waals surface area contributed by atoms with Crippen LogP contribution in [0.2, 0.25) is 0 Å². The van der Waals surface area contributed by atoms with Crippen molar-refractivity contribution in [3.63, 3.8) is 0 Å². The second kappa shape index (κ2) is 4.01. The maximum absolute atomic E-state index is 5.66. The molecule has 3 nitrogen and oxygen atoms in total. The normalized spacial score (nSPS) is 11.8. The zero-order valence-corrected chi connectivity index (χ0v) is 11.1. The minimum absolute atomic E-state index is 0.119. The molecule has 0 aliphatic heterocycles. The van der Waals surface area contributed by atoms with Gasteiger partial charge in [0.1, 0.15) is 0 Å². The summed E-state index contributed by atoms with van der Waals surface area (Å²) in [6, 6.07) is 7.80. The fourth-order valence-corrected chi connectivity index (χ4v) is 1.72. The third kappa shape index (κ3) is 2.16. The van der Waals surface area contributed by atoms with Crippen LogP contribution in [0.25, 0.3) is 11.5 Å². The summed E-state index contributed by atoms with van der Waals surface area (Å²) in [6.45, 7) is 6.14. The number of hydrogen-bond acceptors (Lipinski definition) is 3. The van der Waals surface area contributed by atoms with E-state index < -0.39 is 0 Å². The first-order chi connectivity index (χ1) is 7.48. The lowest BCUT2D eigenvalue weighted by Gasteiger charge is -2.11. The van der Waals surface area contributed by atoms with Crippen LogP contribution in [0.4, 0.5) is 0 Å². The second-order valence-electron chi connectivity index (χ2n) is 4.64. The third-order valence-electron chi connectivity index (χ3n) is 2.17. The Labute approximate surface area is 103 Å². The van der Waals surface area contributed by atoms with Crippen molar-refractivity contribution in [2.24, 2.45) is 0 Å². The second-order valence-corrected chi connectivity index (χ2v) is 5.50. The molecule has 0 bridgehead atoms. The lowest BCUT2D eigenvalue weighted by atomic mass is 9.97. The Morgan fingerprint density at radius 1 is 1.12 bits per heavy atom. The van der Waals surface area contributed by atoms with Gasteiger partial charge in [-0.3, -0.25) is 0 Å². The first kappa shape index (κ1) is 11.3. The standard InChI is InChI=1S/C12H13BrN2O/c1-12(2,3)11-15-14-10(16-11)8-6-4-5-7-9(8)13/h4-7H,1-3H3. The summed E-state index contributed by atoms with van der Waals surface area (Å²) in [6.07, 6.45) is 0. The highest BCUT2D eigenvalue weighted by Crippen LogP contribution is 2.29. The van der Waals surface area contributed by atoms with Crippen molar-refractivity contribution in [3.05, 3.63) is 34.6 Å². The lowest BCUT2D eigenvalue weighted by molar-refractivity contribution is 0.399. The van der Waals surface area contributed by atoms with E-state index in [1.54, 1.807) is 0 Å². The highest BCUT2D eigenvalue weighted by Gasteiger charge is 2.22. The number of aromatic nitrogens is 2. The van der Waals surface area contributed by atoms with Crippen molar-refractivity contribution < 1.29 is 4.42 Å². The van der Waals surface area contributed by atoms with E-state index in [-0.39, 0.29) is 5.41 Å². The molecule has 0 amide bonds. The van der Waals surface area contributed by atoms with Crippen LogP contribution >= 0.6 is 15.9 Å². The zero-order chi connectivity index (χ0) is 11.8. The Hall–Kier alpha value is -1.16. The average molecular weight is 281 g/mol. The molecule has 0 saturated heterocycles. The maximum atomic E-state index is 5.66. The molecule has 4 heteroatoms. The van der Waals surface area contributed by atoms with Crippen molar-refractivity contribution in [1.82, 2.24) is 10.2 Å². The van der Waals surface area contributed by atoms with Gasteiger partial charge in [-0.25, -0.2) is 0 Å². The quantitative estimate of drug-likeness (QED) is 0.798. The predicted molar refractivity (Wildman–Crippen MR) is 66.1 cm³/mol. The maximum Gasteiger partial charge on any atom is 0.248 e. The Balaban J connectivity index is 2.44. The fourth-order valence-electron chi connectivity index (χ4n) is 1.27. The van der Waals surface area contributed by atoms with Gasteiger partial charge in [-0.1, -0.05) is 32.9 Å². The van der Waals surface area contributed by atoms with Gasteiger partial charge in [0.2, 0.25) is 11.8 Å². The molecule has 1 heterocycles. The highest BCUT2D eigenvalue weighted by molar-refractivity contribution is 9.10. The van der Waals surface area contributed by atoms with Crippen LogP contribution in [0.5, 0.6) is 0 Å². The van der Waals surface area contributed by atoms with Gasteiger partial charge in [0.05, 0.1) is 5.56 Å². The molecule has 84 valence electrons. The number of rotatable bonds is 1. The van der Waals surface area contributed by atoms with Crippen molar-refractivity contribution >= 4 is 15.9 Å². The van der Waals surface area contributed by atoms with Crippen LogP contribution in [0, 0.1) is 0 Å². The van der Waals surface area contributed by atoms with Crippen molar-refractivity contribution in [2.45, 2.75) is 26.2 Å². The topological polar surface area (TPSA) is 38.9 Å². The van der Waals surface area contributed by atoms with Gasteiger partial charge in [0.25, 0.3) is 0 Å². The van der Waals surface area contributed by atoms with E-state index >= 15 is 0 Å². The summed E-state index contributed by atoms with van der Waals surface area (Å²) >= 11 is 3.46. The smallest absolute Gasteiger partial charge is 0.248 e. The van der Waals surface area contributed by atoms with Crippen LogP contribution in [0.15, 0.2) is 33.2 Å². The molecule has 0 aliphatic carbocycles. The molecule has 1 aromatic carbocycles. The fraction of sp³-hybridized carbons (Fsp3) is 0.333. The third-order valence-corrected chi connectivity index (χ3v) is 2.86. The van der Waals surface area contributed by atoms with Crippen LogP contribution in [0.3, 0.4) is 0 Å². The lowest BCUT2D eigenvalue weighted by Crippen LogP contribution is -2.11. The van der Waals surface area contributed by atoms with Gasteiger partial charge in [-0.15, -0.1) is 10.2 Å². The molecule has 0 atom stereocenters. The SMILES string of the molecule is CC(C)(C)c1nnc(-c2ccccc2Br)o1. The number of benzene rings is 1. The molecular weight excluding hydrogens is 268 g/mol. The van der Waals surface area contributed by atoms with Crippen molar-refractivity contribution in [2.75, 3.05) is 0 Å². The zero-order valence-electron chi connectivity index (χ0n) is 9.49. The van der Waals surface area contributed by atoms with Gasteiger partial charge in [0, 0.05) is 9.89 Å². The minimum atomic E-state index is -0.119. The van der Waals surface area contributed by atoms with Gasteiger partial charge in [-0.05, 0) is 28.1 Å². The molecule has 0 radical (unpaired) electrons. The molecule has 1 aromatic heterocycles. The van der Waals surface area contributed by atoms with E-state index in [2.05, 4.69) is 26.1 Å². The summed E-state index contributed by atoms with van der Waals surface area (Å²) < 4.78 is 6.62. The van der Waals surface area contributed by atoms with Crippen LogP contribution < -0.4 is 0 Å². The number of nitrogens with zero attached hydrogens (tertiary/aromatic N) is 2. The van der Waals surface area contributed by atoms with Gasteiger partial charge in [-0.2, -0.15) is 0 Å². The molecule has 0 unspecified atom stereocenters. The molecular formula is C12H13BrN2O. The molecule has 0 saturated carbocycles. The average Bonchev–Trinajstić information content (AvgIpc) is 2.66. The van der Waals surface area contributed by atoms with Crippen molar-refractivity contribution in [1.29, 1.82) is 0 Å². The van der Waals surface area contributed by atoms with E-state index in [1.165, 1.54) is 0 Å². The van der Waals surface area contributed by atoms with Crippen LogP contribution in [-0.2, 0) is 5.41 Å². The molecule has 2 aromatic rings. The van der Waals surface area contributed by atoms with Crippen LogP contribution in [0.1, 0.15) is 26.7 Å².